The molecule has 6 heteroatoms. The van der Waals surface area contributed by atoms with Crippen LogP contribution in [0.5, 0.6) is 0 Å². The van der Waals surface area contributed by atoms with Crippen molar-refractivity contribution in [2.24, 2.45) is 0 Å². The molecule has 0 saturated heterocycles. The van der Waals surface area contributed by atoms with Gasteiger partial charge in [0.2, 0.25) is 0 Å². The smallest absolute Gasteiger partial charge is 0 e. The van der Waals surface area contributed by atoms with Crippen LogP contribution in [-0.2, 0) is 21.1 Å². The van der Waals surface area contributed by atoms with Crippen LogP contribution in [0.15, 0.2) is 0 Å². The average Bonchev–Trinajstić information content (AvgIpc) is 0. The minimum absolute atomic E-state index is 0. The van der Waals surface area contributed by atoms with Crippen LogP contribution < -0.4 is 49.6 Å². The molecule has 6 heavy (non-hydrogen) atoms. The summed E-state index contributed by atoms with van der Waals surface area (Å²) in [7, 11) is 0. The Morgan fingerprint density at radius 3 is 0.500 bits per heavy atom. The van der Waals surface area contributed by atoms with Crippen molar-refractivity contribution >= 4 is 0 Å². The van der Waals surface area contributed by atoms with Gasteiger partial charge >= 0.3 is 0 Å². The first-order chi connectivity index (χ1) is 0. The predicted molar refractivity (Wildman–Crippen MR) is 3.61 cm³/mol. The molecule has 0 aromatic rings. The quantitative estimate of drug-likeness (QED) is 0.418. The van der Waals surface area contributed by atoms with Crippen molar-refractivity contribution < 1.29 is 76.2 Å². The molecule has 0 unspecified atom stereocenters. The maximum Gasteiger partial charge on any atom is 0 e. The van der Waals surface area contributed by atoms with E-state index in [-0.39, 0.29) is 76.2 Å². The molecule has 0 spiro atoms. The second-order valence-electron chi connectivity index (χ2n) is 0. The van der Waals surface area contributed by atoms with E-state index in [2.05, 4.69) is 0 Å². The van der Waals surface area contributed by atoms with E-state index in [0.29, 0.717) is 0 Å². The summed E-state index contributed by atoms with van der Waals surface area (Å²) in [6.07, 6.45) is 0. The summed E-state index contributed by atoms with van der Waals surface area (Å²) in [4.78, 5) is 0. The van der Waals surface area contributed by atoms with Crippen molar-refractivity contribution in [3.05, 3.63) is 0 Å². The molecule has 2 N–H and O–H groups in total. The van der Waals surface area contributed by atoms with Gasteiger partial charge in [-0.05, 0) is 0 Å². The molecule has 0 aliphatic carbocycles. The SMILES string of the molecule is O.[Cl-].[Cl-].[Cl-].[Cl-].[W]. The molecule has 0 aromatic heterocycles. The Labute approximate surface area is 75.8 Å². The van der Waals surface area contributed by atoms with Gasteiger partial charge in [0.25, 0.3) is 0 Å². The van der Waals surface area contributed by atoms with E-state index in [1.807, 2.05) is 0 Å². The molecule has 0 aliphatic heterocycles. The maximum atomic E-state index is 0. The van der Waals surface area contributed by atoms with Crippen molar-refractivity contribution in [2.75, 3.05) is 0 Å². The van der Waals surface area contributed by atoms with E-state index in [9.17, 15) is 0 Å². The third-order valence-corrected chi connectivity index (χ3v) is 0. The molecule has 0 rings (SSSR count). The molecule has 46 valence electrons. The van der Waals surface area contributed by atoms with E-state index in [4.69, 9.17) is 0 Å². The fourth-order valence-electron chi connectivity index (χ4n) is 0. The number of rotatable bonds is 0. The first kappa shape index (κ1) is 111. The minimum Gasteiger partial charge on any atom is -1.00 e. The largest absolute Gasteiger partial charge is 1.00 e. The van der Waals surface area contributed by atoms with Gasteiger partial charge in [-0.3, -0.25) is 0 Å². The van der Waals surface area contributed by atoms with Crippen molar-refractivity contribution in [3.8, 4) is 0 Å². The molecular formula is H2Cl4OW-4. The number of hydrogen-bond donors (Lipinski definition) is 0. The van der Waals surface area contributed by atoms with E-state index in [0.717, 1.165) is 0 Å². The first-order valence-electron chi connectivity index (χ1n) is 0. The van der Waals surface area contributed by atoms with E-state index < -0.39 is 0 Å². The van der Waals surface area contributed by atoms with Crippen LogP contribution in [0.2, 0.25) is 0 Å². The summed E-state index contributed by atoms with van der Waals surface area (Å²) >= 11 is 0. The molecule has 1 nitrogen and oxygen atoms in total. The van der Waals surface area contributed by atoms with Gasteiger partial charge in [-0.2, -0.15) is 0 Å². The molecule has 0 heterocycles. The summed E-state index contributed by atoms with van der Waals surface area (Å²) in [6, 6.07) is 0. The van der Waals surface area contributed by atoms with Crippen molar-refractivity contribution in [3.63, 3.8) is 0 Å². The van der Waals surface area contributed by atoms with Crippen molar-refractivity contribution in [1.29, 1.82) is 0 Å². The Kier molecular flexibility index (Phi) is 1300. The van der Waals surface area contributed by atoms with Gasteiger partial charge in [0.15, 0.2) is 0 Å². The van der Waals surface area contributed by atoms with Gasteiger partial charge in [0.05, 0.1) is 0 Å². The minimum atomic E-state index is 0. The third-order valence-electron chi connectivity index (χ3n) is 0. The van der Waals surface area contributed by atoms with Crippen molar-refractivity contribution in [2.45, 2.75) is 0 Å². The molecule has 0 fully saturated rings. The summed E-state index contributed by atoms with van der Waals surface area (Å²) in [5, 5.41) is 0. The van der Waals surface area contributed by atoms with Gasteiger partial charge < -0.3 is 55.1 Å². The zero-order valence-corrected chi connectivity index (χ0v) is 8.38. The molecule has 0 bridgehead atoms. The molecule has 0 aromatic carbocycles. The molecule has 0 atom stereocenters. The molecule has 0 amide bonds. The third kappa shape index (κ3) is 41.1. The second-order valence-corrected chi connectivity index (χ2v) is 0. The van der Waals surface area contributed by atoms with Crippen LogP contribution in [0, 0.1) is 0 Å². The van der Waals surface area contributed by atoms with Gasteiger partial charge in [-0.1, -0.05) is 0 Å². The van der Waals surface area contributed by atoms with Crippen LogP contribution in [0.25, 0.3) is 0 Å². The Morgan fingerprint density at radius 1 is 0.500 bits per heavy atom. The molecule has 0 saturated carbocycles. The predicted octanol–water partition coefficient (Wildman–Crippen LogP) is -12.8. The average molecular weight is 344 g/mol. The van der Waals surface area contributed by atoms with E-state index >= 15 is 0 Å². The van der Waals surface area contributed by atoms with Crippen LogP contribution in [0.4, 0.5) is 0 Å². The number of hydrogen-bond acceptors (Lipinski definition) is 0. The molecule has 0 radical (unpaired) electrons. The van der Waals surface area contributed by atoms with E-state index in [1.165, 1.54) is 0 Å². The van der Waals surface area contributed by atoms with Gasteiger partial charge in [0.1, 0.15) is 0 Å². The Bertz CT molecular complexity index is 7.51. The van der Waals surface area contributed by atoms with Gasteiger partial charge in [0, 0.05) is 21.1 Å². The van der Waals surface area contributed by atoms with Crippen LogP contribution in [-0.4, -0.2) is 5.48 Å². The Hall–Kier alpha value is 1.81. The topological polar surface area (TPSA) is 31.5 Å². The van der Waals surface area contributed by atoms with Crippen LogP contribution in [0.1, 0.15) is 0 Å². The maximum absolute atomic E-state index is 0. The van der Waals surface area contributed by atoms with Gasteiger partial charge in [-0.15, -0.1) is 0 Å². The van der Waals surface area contributed by atoms with Crippen molar-refractivity contribution in [1.82, 2.24) is 0 Å². The van der Waals surface area contributed by atoms with E-state index in [1.54, 1.807) is 0 Å². The van der Waals surface area contributed by atoms with Crippen LogP contribution in [0.3, 0.4) is 0 Å². The fourth-order valence-corrected chi connectivity index (χ4v) is 0. The van der Waals surface area contributed by atoms with Crippen LogP contribution >= 0.6 is 0 Å². The normalized spacial score (nSPS) is 0. The van der Waals surface area contributed by atoms with Gasteiger partial charge in [-0.25, -0.2) is 0 Å². The first-order valence-corrected chi connectivity index (χ1v) is 0. The summed E-state index contributed by atoms with van der Waals surface area (Å²) in [5.74, 6) is 0. The summed E-state index contributed by atoms with van der Waals surface area (Å²) in [6.45, 7) is 0. The molecular weight excluding hydrogens is 342 g/mol. The number of halogens is 4. The summed E-state index contributed by atoms with van der Waals surface area (Å²) in [5.41, 5.74) is 0. The second kappa shape index (κ2) is 70.2. The Morgan fingerprint density at radius 2 is 0.500 bits per heavy atom. The monoisotopic (exact) mass is 342 g/mol. The molecule has 0 aliphatic rings. The zero-order chi connectivity index (χ0) is 0. The Balaban J connectivity index is 0. The fraction of sp³-hybridized carbons (Fsp3) is 0. The summed E-state index contributed by atoms with van der Waals surface area (Å²) < 4.78 is 0. The standard InChI is InChI=1S/4ClH.H2O.W/h4*1H;1H2;/p-4. The zero-order valence-electron chi connectivity index (χ0n) is 2.42.